The smallest absolute Gasteiger partial charge is 0.222 e. The van der Waals surface area contributed by atoms with Gasteiger partial charge in [0.2, 0.25) is 5.91 Å². The van der Waals surface area contributed by atoms with Gasteiger partial charge in [0.1, 0.15) is 0 Å². The van der Waals surface area contributed by atoms with E-state index in [0.717, 1.165) is 26.2 Å². The second-order valence-corrected chi connectivity index (χ2v) is 5.10. The van der Waals surface area contributed by atoms with E-state index in [1.165, 1.54) is 0 Å². The molecule has 0 aliphatic carbocycles. The Morgan fingerprint density at radius 2 is 2.24 bits per heavy atom. The van der Waals surface area contributed by atoms with Gasteiger partial charge in [0.15, 0.2) is 0 Å². The van der Waals surface area contributed by atoms with Gasteiger partial charge in [-0.15, -0.1) is 5.10 Å². The zero-order valence-corrected chi connectivity index (χ0v) is 9.99. The number of likely N-dealkylation sites (tertiary alicyclic amines) is 2. The average molecular weight is 235 g/mol. The molecular weight excluding hydrogens is 218 g/mol. The third-order valence-electron chi connectivity index (χ3n) is 3.69. The van der Waals surface area contributed by atoms with Crippen molar-refractivity contribution in [2.75, 3.05) is 33.2 Å². The molecule has 3 rings (SSSR count). The SMILES string of the molecule is CN1CC(CN2CC(n3ccnn3)C2)CC1=O. The first-order valence-corrected chi connectivity index (χ1v) is 6.04. The summed E-state index contributed by atoms with van der Waals surface area (Å²) in [5.74, 6) is 0.785. The molecule has 0 saturated carbocycles. The van der Waals surface area contributed by atoms with Crippen LogP contribution < -0.4 is 0 Å². The third kappa shape index (κ3) is 2.04. The van der Waals surface area contributed by atoms with Crippen LogP contribution in [0, 0.1) is 5.92 Å². The molecule has 6 heteroatoms. The number of aromatic nitrogens is 3. The summed E-state index contributed by atoms with van der Waals surface area (Å²) < 4.78 is 1.92. The minimum Gasteiger partial charge on any atom is -0.345 e. The van der Waals surface area contributed by atoms with Crippen LogP contribution in [0.15, 0.2) is 12.4 Å². The van der Waals surface area contributed by atoms with Gasteiger partial charge < -0.3 is 4.90 Å². The molecular formula is C11H17N5O. The first-order valence-electron chi connectivity index (χ1n) is 6.04. The number of hydrogen-bond acceptors (Lipinski definition) is 4. The van der Waals surface area contributed by atoms with Crippen molar-refractivity contribution in [1.29, 1.82) is 0 Å². The molecule has 1 aromatic rings. The van der Waals surface area contributed by atoms with Crippen LogP contribution in [-0.2, 0) is 4.79 Å². The molecule has 0 spiro atoms. The quantitative estimate of drug-likeness (QED) is 0.716. The normalized spacial score (nSPS) is 26.5. The lowest BCUT2D eigenvalue weighted by Gasteiger charge is -2.40. The molecule has 6 nitrogen and oxygen atoms in total. The molecule has 1 amide bonds. The minimum absolute atomic E-state index is 0.281. The Morgan fingerprint density at radius 3 is 2.82 bits per heavy atom. The molecule has 92 valence electrons. The summed E-state index contributed by atoms with van der Waals surface area (Å²) in [5.41, 5.74) is 0. The molecule has 1 atom stereocenters. The number of carbonyl (C=O) groups excluding carboxylic acids is 1. The van der Waals surface area contributed by atoms with Crippen molar-refractivity contribution >= 4 is 5.91 Å². The predicted molar refractivity (Wildman–Crippen MR) is 61.2 cm³/mol. The number of nitrogens with zero attached hydrogens (tertiary/aromatic N) is 5. The van der Waals surface area contributed by atoms with Crippen LogP contribution in [0.5, 0.6) is 0 Å². The van der Waals surface area contributed by atoms with E-state index >= 15 is 0 Å². The Bertz CT molecular complexity index is 398. The van der Waals surface area contributed by atoms with Crippen molar-refractivity contribution < 1.29 is 4.79 Å². The second-order valence-electron chi connectivity index (χ2n) is 5.10. The van der Waals surface area contributed by atoms with Crippen LogP contribution in [0.2, 0.25) is 0 Å². The highest BCUT2D eigenvalue weighted by Gasteiger charge is 2.34. The lowest BCUT2D eigenvalue weighted by atomic mass is 10.0. The fraction of sp³-hybridized carbons (Fsp3) is 0.727. The van der Waals surface area contributed by atoms with E-state index in [1.807, 2.05) is 22.8 Å². The summed E-state index contributed by atoms with van der Waals surface area (Å²) in [6.45, 7) is 3.99. The van der Waals surface area contributed by atoms with Crippen LogP contribution in [0.25, 0.3) is 0 Å². The Labute approximate surface area is 100 Å². The summed E-state index contributed by atoms with van der Waals surface area (Å²) >= 11 is 0. The largest absolute Gasteiger partial charge is 0.345 e. The molecule has 3 heterocycles. The van der Waals surface area contributed by atoms with E-state index in [1.54, 1.807) is 6.20 Å². The monoisotopic (exact) mass is 235 g/mol. The summed E-state index contributed by atoms with van der Waals surface area (Å²) in [4.78, 5) is 15.6. The standard InChI is InChI=1S/C11H17N5O/c1-14-5-9(4-11(14)17)6-15-7-10(8-15)16-3-2-12-13-16/h2-3,9-10H,4-8H2,1H3. The van der Waals surface area contributed by atoms with Crippen LogP contribution in [0.4, 0.5) is 0 Å². The molecule has 0 bridgehead atoms. The molecule has 2 aliphatic heterocycles. The van der Waals surface area contributed by atoms with Crippen LogP contribution in [-0.4, -0.2) is 63.9 Å². The van der Waals surface area contributed by atoms with Crippen molar-refractivity contribution in [3.63, 3.8) is 0 Å². The summed E-state index contributed by atoms with van der Waals surface area (Å²) in [5, 5.41) is 7.82. The average Bonchev–Trinajstić information content (AvgIpc) is 2.83. The Hall–Kier alpha value is -1.43. The van der Waals surface area contributed by atoms with Gasteiger partial charge in [-0.3, -0.25) is 9.69 Å². The zero-order valence-electron chi connectivity index (χ0n) is 9.99. The van der Waals surface area contributed by atoms with Gasteiger partial charge in [-0.1, -0.05) is 5.21 Å². The van der Waals surface area contributed by atoms with Crippen molar-refractivity contribution in [3.05, 3.63) is 12.4 Å². The van der Waals surface area contributed by atoms with E-state index in [9.17, 15) is 4.79 Å². The highest BCUT2D eigenvalue weighted by atomic mass is 16.2. The Balaban J connectivity index is 1.46. The molecule has 17 heavy (non-hydrogen) atoms. The van der Waals surface area contributed by atoms with E-state index in [-0.39, 0.29) is 5.91 Å². The third-order valence-corrected chi connectivity index (χ3v) is 3.69. The number of carbonyl (C=O) groups is 1. The van der Waals surface area contributed by atoms with E-state index in [4.69, 9.17) is 0 Å². The maximum Gasteiger partial charge on any atom is 0.222 e. The number of amides is 1. The van der Waals surface area contributed by atoms with Crippen LogP contribution in [0.1, 0.15) is 12.5 Å². The zero-order chi connectivity index (χ0) is 11.8. The van der Waals surface area contributed by atoms with Gasteiger partial charge in [0.05, 0.1) is 12.2 Å². The van der Waals surface area contributed by atoms with Gasteiger partial charge >= 0.3 is 0 Å². The molecule has 2 fully saturated rings. The maximum atomic E-state index is 11.4. The second kappa shape index (κ2) is 4.10. The van der Waals surface area contributed by atoms with Crippen LogP contribution >= 0.6 is 0 Å². The van der Waals surface area contributed by atoms with Crippen molar-refractivity contribution in [2.45, 2.75) is 12.5 Å². The number of rotatable bonds is 3. The van der Waals surface area contributed by atoms with Crippen molar-refractivity contribution in [1.82, 2.24) is 24.8 Å². The van der Waals surface area contributed by atoms with Gasteiger partial charge in [-0.25, -0.2) is 4.68 Å². The van der Waals surface area contributed by atoms with Crippen molar-refractivity contribution in [3.8, 4) is 0 Å². The summed E-state index contributed by atoms with van der Waals surface area (Å²) in [7, 11) is 1.89. The molecule has 0 N–H and O–H groups in total. The molecule has 0 radical (unpaired) electrons. The van der Waals surface area contributed by atoms with E-state index < -0.39 is 0 Å². The van der Waals surface area contributed by atoms with Crippen LogP contribution in [0.3, 0.4) is 0 Å². The highest BCUT2D eigenvalue weighted by Crippen LogP contribution is 2.24. The first-order chi connectivity index (χ1) is 8.22. The molecule has 2 saturated heterocycles. The van der Waals surface area contributed by atoms with E-state index in [0.29, 0.717) is 18.4 Å². The number of hydrogen-bond donors (Lipinski definition) is 0. The Morgan fingerprint density at radius 1 is 1.41 bits per heavy atom. The molecule has 1 aromatic heterocycles. The van der Waals surface area contributed by atoms with Gasteiger partial charge in [-0.05, 0) is 5.92 Å². The Kier molecular flexibility index (Phi) is 2.58. The fourth-order valence-electron chi connectivity index (χ4n) is 2.72. The summed E-state index contributed by atoms with van der Waals surface area (Å²) in [6, 6.07) is 0.465. The summed E-state index contributed by atoms with van der Waals surface area (Å²) in [6.07, 6.45) is 4.34. The predicted octanol–water partition coefficient (Wildman–Crippen LogP) is -0.387. The van der Waals surface area contributed by atoms with E-state index in [2.05, 4.69) is 15.2 Å². The van der Waals surface area contributed by atoms with Gasteiger partial charge in [0, 0.05) is 45.8 Å². The fourth-order valence-corrected chi connectivity index (χ4v) is 2.72. The maximum absolute atomic E-state index is 11.4. The van der Waals surface area contributed by atoms with Crippen molar-refractivity contribution in [2.24, 2.45) is 5.92 Å². The highest BCUT2D eigenvalue weighted by molar-refractivity contribution is 5.78. The first kappa shape index (κ1) is 10.7. The topological polar surface area (TPSA) is 54.3 Å². The molecule has 0 aromatic carbocycles. The lowest BCUT2D eigenvalue weighted by Crippen LogP contribution is -2.49. The molecule has 1 unspecified atom stereocenters. The van der Waals surface area contributed by atoms with Gasteiger partial charge in [-0.2, -0.15) is 0 Å². The lowest BCUT2D eigenvalue weighted by molar-refractivity contribution is -0.126. The van der Waals surface area contributed by atoms with Gasteiger partial charge in [0.25, 0.3) is 0 Å². The minimum atomic E-state index is 0.281. The molecule has 2 aliphatic rings.